The molecule has 4 heteroatoms. The summed E-state index contributed by atoms with van der Waals surface area (Å²) in [6, 6.07) is 1.76. The van der Waals surface area contributed by atoms with Crippen LogP contribution >= 0.6 is 11.3 Å². The highest BCUT2D eigenvalue weighted by atomic mass is 32.1. The fourth-order valence-corrected chi connectivity index (χ4v) is 2.85. The Morgan fingerprint density at radius 2 is 2.36 bits per heavy atom. The molecular formula is C10H13F2NS. The molecule has 1 nitrogen and oxygen atoms in total. The summed E-state index contributed by atoms with van der Waals surface area (Å²) in [6.07, 6.45) is 0.574. The van der Waals surface area contributed by atoms with Crippen LogP contribution in [0.25, 0.3) is 0 Å². The monoisotopic (exact) mass is 217 g/mol. The number of aryl methyl sites for hydroxylation is 1. The van der Waals surface area contributed by atoms with Gasteiger partial charge in [-0.2, -0.15) is 0 Å². The van der Waals surface area contributed by atoms with Gasteiger partial charge in [-0.05, 0) is 36.9 Å². The summed E-state index contributed by atoms with van der Waals surface area (Å²) in [4.78, 5) is 0.242. The van der Waals surface area contributed by atoms with Crippen molar-refractivity contribution in [2.45, 2.75) is 19.3 Å². The van der Waals surface area contributed by atoms with Crippen molar-refractivity contribution in [3.05, 3.63) is 21.9 Å². The van der Waals surface area contributed by atoms with Crippen molar-refractivity contribution in [2.75, 3.05) is 13.1 Å². The van der Waals surface area contributed by atoms with Crippen LogP contribution in [-0.4, -0.2) is 13.1 Å². The Kier molecular flexibility index (Phi) is 2.58. The first-order valence-electron chi connectivity index (χ1n) is 4.75. The fraction of sp³-hybridized carbons (Fsp3) is 0.600. The quantitative estimate of drug-likeness (QED) is 0.803. The van der Waals surface area contributed by atoms with Crippen LogP contribution in [-0.2, 0) is 5.92 Å². The molecule has 2 heterocycles. The van der Waals surface area contributed by atoms with Crippen LogP contribution in [0.3, 0.4) is 0 Å². The van der Waals surface area contributed by atoms with E-state index in [2.05, 4.69) is 5.32 Å². The lowest BCUT2D eigenvalue weighted by molar-refractivity contribution is -0.0545. The standard InChI is InChI=1S/C10H13F2NS/c1-7-3-5-14-9(7)10(11,12)8-2-4-13-6-8/h3,5,8,13H,2,4,6H2,1H3. The number of alkyl halides is 2. The van der Waals surface area contributed by atoms with Gasteiger partial charge in [0, 0.05) is 12.5 Å². The highest BCUT2D eigenvalue weighted by Crippen LogP contribution is 2.42. The Morgan fingerprint density at radius 1 is 1.57 bits per heavy atom. The molecule has 0 aliphatic carbocycles. The summed E-state index contributed by atoms with van der Waals surface area (Å²) in [5.41, 5.74) is 0.715. The van der Waals surface area contributed by atoms with E-state index in [0.29, 0.717) is 25.1 Å². The molecule has 1 fully saturated rings. The lowest BCUT2D eigenvalue weighted by atomic mass is 9.97. The molecule has 1 saturated heterocycles. The van der Waals surface area contributed by atoms with E-state index in [9.17, 15) is 8.78 Å². The molecule has 1 aliphatic heterocycles. The van der Waals surface area contributed by atoms with Gasteiger partial charge in [-0.3, -0.25) is 0 Å². The lowest BCUT2D eigenvalue weighted by Crippen LogP contribution is -2.27. The Morgan fingerprint density at radius 3 is 2.86 bits per heavy atom. The third-order valence-electron chi connectivity index (χ3n) is 2.74. The molecule has 0 amide bonds. The molecule has 1 unspecified atom stereocenters. The van der Waals surface area contributed by atoms with Crippen LogP contribution in [0.4, 0.5) is 8.78 Å². The van der Waals surface area contributed by atoms with Gasteiger partial charge < -0.3 is 5.32 Å². The number of hydrogen-bond acceptors (Lipinski definition) is 2. The van der Waals surface area contributed by atoms with Gasteiger partial charge in [-0.25, -0.2) is 8.78 Å². The molecule has 2 rings (SSSR count). The first-order chi connectivity index (χ1) is 6.62. The normalized spacial score (nSPS) is 22.9. The molecular weight excluding hydrogens is 204 g/mol. The molecule has 78 valence electrons. The average molecular weight is 217 g/mol. The Hall–Kier alpha value is -0.480. The van der Waals surface area contributed by atoms with E-state index in [4.69, 9.17) is 0 Å². The molecule has 1 aromatic heterocycles. The zero-order valence-electron chi connectivity index (χ0n) is 8.02. The predicted molar refractivity (Wildman–Crippen MR) is 53.9 cm³/mol. The maximum atomic E-state index is 13.9. The minimum Gasteiger partial charge on any atom is -0.316 e. The van der Waals surface area contributed by atoms with Crippen LogP contribution in [0.5, 0.6) is 0 Å². The van der Waals surface area contributed by atoms with E-state index in [1.165, 1.54) is 11.3 Å². The van der Waals surface area contributed by atoms with Gasteiger partial charge in [0.2, 0.25) is 0 Å². The maximum Gasteiger partial charge on any atom is 0.286 e. The highest BCUT2D eigenvalue weighted by molar-refractivity contribution is 7.10. The molecule has 1 N–H and O–H groups in total. The molecule has 1 aliphatic rings. The van der Waals surface area contributed by atoms with Gasteiger partial charge in [-0.1, -0.05) is 0 Å². The predicted octanol–water partition coefficient (Wildman–Crippen LogP) is 2.76. The first kappa shape index (κ1) is 10.1. The fourth-order valence-electron chi connectivity index (χ4n) is 1.86. The van der Waals surface area contributed by atoms with Crippen molar-refractivity contribution in [1.82, 2.24) is 5.32 Å². The molecule has 0 aromatic carbocycles. The van der Waals surface area contributed by atoms with Gasteiger partial charge in [0.1, 0.15) is 0 Å². The second kappa shape index (κ2) is 3.59. The number of nitrogens with one attached hydrogen (secondary N) is 1. The van der Waals surface area contributed by atoms with Gasteiger partial charge >= 0.3 is 0 Å². The number of halogens is 2. The van der Waals surface area contributed by atoms with E-state index >= 15 is 0 Å². The van der Waals surface area contributed by atoms with E-state index in [-0.39, 0.29) is 4.88 Å². The zero-order chi connectivity index (χ0) is 10.2. The summed E-state index contributed by atoms with van der Waals surface area (Å²) >= 11 is 1.17. The topological polar surface area (TPSA) is 12.0 Å². The van der Waals surface area contributed by atoms with Crippen LogP contribution in [0.1, 0.15) is 16.9 Å². The molecule has 0 saturated carbocycles. The van der Waals surface area contributed by atoms with Crippen LogP contribution in [0.2, 0.25) is 0 Å². The lowest BCUT2D eigenvalue weighted by Gasteiger charge is -2.22. The summed E-state index contributed by atoms with van der Waals surface area (Å²) in [7, 11) is 0. The third-order valence-corrected chi connectivity index (χ3v) is 3.84. The highest BCUT2D eigenvalue weighted by Gasteiger charge is 2.44. The van der Waals surface area contributed by atoms with Crippen molar-refractivity contribution >= 4 is 11.3 Å². The van der Waals surface area contributed by atoms with E-state index in [0.717, 1.165) is 0 Å². The minimum atomic E-state index is -2.65. The summed E-state index contributed by atoms with van der Waals surface area (Å²) in [6.45, 7) is 2.90. The minimum absolute atomic E-state index is 0.242. The summed E-state index contributed by atoms with van der Waals surface area (Å²) < 4.78 is 27.9. The molecule has 0 spiro atoms. The van der Waals surface area contributed by atoms with Gasteiger partial charge in [-0.15, -0.1) is 11.3 Å². The van der Waals surface area contributed by atoms with Gasteiger partial charge in [0.25, 0.3) is 5.92 Å². The second-order valence-electron chi connectivity index (χ2n) is 3.75. The van der Waals surface area contributed by atoms with Crippen molar-refractivity contribution in [1.29, 1.82) is 0 Å². The SMILES string of the molecule is Cc1ccsc1C(F)(F)C1CCNC1. The third kappa shape index (κ3) is 1.57. The maximum absolute atomic E-state index is 13.9. The van der Waals surface area contributed by atoms with E-state index in [1.54, 1.807) is 18.4 Å². The molecule has 1 atom stereocenters. The van der Waals surface area contributed by atoms with Crippen molar-refractivity contribution in [2.24, 2.45) is 5.92 Å². The van der Waals surface area contributed by atoms with E-state index < -0.39 is 11.8 Å². The number of hydrogen-bond donors (Lipinski definition) is 1. The van der Waals surface area contributed by atoms with Crippen LogP contribution < -0.4 is 5.32 Å². The van der Waals surface area contributed by atoms with Crippen molar-refractivity contribution in [3.63, 3.8) is 0 Å². The molecule has 1 aromatic rings. The van der Waals surface area contributed by atoms with Gasteiger partial charge in [0.15, 0.2) is 0 Å². The van der Waals surface area contributed by atoms with Crippen molar-refractivity contribution < 1.29 is 8.78 Å². The average Bonchev–Trinajstić information content (AvgIpc) is 2.72. The van der Waals surface area contributed by atoms with Crippen molar-refractivity contribution in [3.8, 4) is 0 Å². The Bertz CT molecular complexity index is 316. The zero-order valence-corrected chi connectivity index (χ0v) is 8.83. The number of thiophene rings is 1. The largest absolute Gasteiger partial charge is 0.316 e. The van der Waals surface area contributed by atoms with Crippen LogP contribution in [0.15, 0.2) is 11.4 Å². The smallest absolute Gasteiger partial charge is 0.286 e. The summed E-state index contributed by atoms with van der Waals surface area (Å²) in [5.74, 6) is -3.18. The summed E-state index contributed by atoms with van der Waals surface area (Å²) in [5, 5.41) is 4.72. The number of rotatable bonds is 2. The van der Waals surface area contributed by atoms with Crippen LogP contribution in [0, 0.1) is 12.8 Å². The molecule has 14 heavy (non-hydrogen) atoms. The first-order valence-corrected chi connectivity index (χ1v) is 5.63. The second-order valence-corrected chi connectivity index (χ2v) is 4.66. The van der Waals surface area contributed by atoms with E-state index in [1.807, 2.05) is 0 Å². The molecule has 0 bridgehead atoms. The van der Waals surface area contributed by atoms with Gasteiger partial charge in [0.05, 0.1) is 4.88 Å². The Labute approximate surface area is 86.1 Å². The Balaban J connectivity index is 2.26. The molecule has 0 radical (unpaired) electrons.